The highest BCUT2D eigenvalue weighted by Gasteiger charge is 2.11. The lowest BCUT2D eigenvalue weighted by Crippen LogP contribution is -2.04. The Kier molecular flexibility index (Phi) is 3.13. The molecule has 1 aromatic heterocycles. The molecular formula is C8H6BrNO3. The maximum Gasteiger partial charge on any atom is 0.340 e. The van der Waals surface area contributed by atoms with Gasteiger partial charge in [-0.25, -0.2) is 9.78 Å². The molecule has 68 valence electrons. The van der Waals surface area contributed by atoms with Crippen LogP contribution in [0.2, 0.25) is 0 Å². The molecule has 0 fully saturated rings. The zero-order chi connectivity index (χ0) is 9.84. The molecule has 1 rings (SSSR count). The van der Waals surface area contributed by atoms with Crippen LogP contribution in [-0.2, 0) is 4.74 Å². The van der Waals surface area contributed by atoms with E-state index in [9.17, 15) is 9.59 Å². The summed E-state index contributed by atoms with van der Waals surface area (Å²) in [5.41, 5.74) is 0.579. The molecule has 0 radical (unpaired) electrons. The molecular weight excluding hydrogens is 238 g/mol. The quantitative estimate of drug-likeness (QED) is 0.448. The van der Waals surface area contributed by atoms with Crippen LogP contribution in [0.3, 0.4) is 0 Å². The van der Waals surface area contributed by atoms with E-state index >= 15 is 0 Å². The van der Waals surface area contributed by atoms with Crippen molar-refractivity contribution in [1.29, 1.82) is 0 Å². The van der Waals surface area contributed by atoms with Crippen molar-refractivity contribution in [2.75, 3.05) is 7.11 Å². The van der Waals surface area contributed by atoms with Gasteiger partial charge in [-0.1, -0.05) is 0 Å². The summed E-state index contributed by atoms with van der Waals surface area (Å²) in [4.78, 5) is 25.3. The Morgan fingerprint density at radius 3 is 2.92 bits per heavy atom. The predicted octanol–water partition coefficient (Wildman–Crippen LogP) is 1.44. The van der Waals surface area contributed by atoms with E-state index in [1.807, 2.05) is 0 Å². The van der Waals surface area contributed by atoms with Crippen molar-refractivity contribution in [3.05, 3.63) is 28.0 Å². The van der Waals surface area contributed by atoms with E-state index in [1.54, 1.807) is 0 Å². The highest BCUT2D eigenvalue weighted by Crippen LogP contribution is 2.15. The number of hydrogen-bond acceptors (Lipinski definition) is 4. The standard InChI is InChI=1S/C8H6BrNO3/c1-13-8(12)6-2-5(4-11)3-10-7(6)9/h2-4H,1H3. The highest BCUT2D eigenvalue weighted by atomic mass is 79.9. The number of pyridine rings is 1. The van der Waals surface area contributed by atoms with Gasteiger partial charge in [0.1, 0.15) is 4.60 Å². The zero-order valence-corrected chi connectivity index (χ0v) is 8.37. The minimum Gasteiger partial charge on any atom is -0.465 e. The van der Waals surface area contributed by atoms with Crippen molar-refractivity contribution in [2.45, 2.75) is 0 Å². The second-order valence-corrected chi connectivity index (χ2v) is 2.97. The first kappa shape index (κ1) is 9.85. The van der Waals surface area contributed by atoms with E-state index in [-0.39, 0.29) is 5.56 Å². The van der Waals surface area contributed by atoms with Gasteiger partial charge in [-0.2, -0.15) is 0 Å². The topological polar surface area (TPSA) is 56.3 Å². The third kappa shape index (κ3) is 2.12. The van der Waals surface area contributed by atoms with E-state index in [0.717, 1.165) is 0 Å². The van der Waals surface area contributed by atoms with Gasteiger partial charge < -0.3 is 4.74 Å². The molecule has 0 aromatic carbocycles. The maximum atomic E-state index is 11.1. The Hall–Kier alpha value is -1.23. The van der Waals surface area contributed by atoms with E-state index in [2.05, 4.69) is 25.7 Å². The molecule has 1 heterocycles. The van der Waals surface area contributed by atoms with Crippen LogP contribution in [0.1, 0.15) is 20.7 Å². The molecule has 0 saturated carbocycles. The van der Waals surface area contributed by atoms with Gasteiger partial charge in [0.15, 0.2) is 6.29 Å². The molecule has 0 aliphatic heterocycles. The van der Waals surface area contributed by atoms with Gasteiger partial charge in [-0.05, 0) is 22.0 Å². The molecule has 0 saturated heterocycles. The number of carbonyl (C=O) groups excluding carboxylic acids is 2. The number of esters is 1. The molecule has 13 heavy (non-hydrogen) atoms. The third-order valence-corrected chi connectivity index (χ3v) is 2.03. The summed E-state index contributed by atoms with van der Waals surface area (Å²) in [5.74, 6) is -0.525. The average molecular weight is 244 g/mol. The number of aromatic nitrogens is 1. The Labute approximate surface area is 83.1 Å². The van der Waals surface area contributed by atoms with Gasteiger partial charge in [0.25, 0.3) is 0 Å². The molecule has 1 aromatic rings. The van der Waals surface area contributed by atoms with Crippen molar-refractivity contribution in [3.63, 3.8) is 0 Å². The highest BCUT2D eigenvalue weighted by molar-refractivity contribution is 9.10. The summed E-state index contributed by atoms with van der Waals surface area (Å²) in [6.45, 7) is 0. The van der Waals surface area contributed by atoms with Crippen molar-refractivity contribution in [1.82, 2.24) is 4.98 Å². The minimum absolute atomic E-state index is 0.243. The van der Waals surface area contributed by atoms with Crippen molar-refractivity contribution in [2.24, 2.45) is 0 Å². The number of ether oxygens (including phenoxy) is 1. The summed E-state index contributed by atoms with van der Waals surface area (Å²) >= 11 is 3.07. The lowest BCUT2D eigenvalue weighted by atomic mass is 10.2. The first-order chi connectivity index (χ1) is 6.19. The van der Waals surface area contributed by atoms with Crippen LogP contribution >= 0.6 is 15.9 Å². The molecule has 0 amide bonds. The number of carbonyl (C=O) groups is 2. The number of rotatable bonds is 2. The fraction of sp³-hybridized carbons (Fsp3) is 0.125. The molecule has 5 heteroatoms. The van der Waals surface area contributed by atoms with Crippen molar-refractivity contribution >= 4 is 28.2 Å². The fourth-order valence-electron chi connectivity index (χ4n) is 0.782. The molecule has 0 atom stereocenters. The van der Waals surface area contributed by atoms with Crippen LogP contribution in [0.25, 0.3) is 0 Å². The van der Waals surface area contributed by atoms with Crippen molar-refractivity contribution in [3.8, 4) is 0 Å². The van der Waals surface area contributed by atoms with Crippen LogP contribution in [0, 0.1) is 0 Å². The monoisotopic (exact) mass is 243 g/mol. The van der Waals surface area contributed by atoms with Gasteiger partial charge >= 0.3 is 5.97 Å². The van der Waals surface area contributed by atoms with Gasteiger partial charge in [0, 0.05) is 11.8 Å². The summed E-state index contributed by atoms with van der Waals surface area (Å²) in [5, 5.41) is 0. The summed E-state index contributed by atoms with van der Waals surface area (Å²) in [6, 6.07) is 1.41. The Balaban J connectivity index is 3.18. The Morgan fingerprint density at radius 1 is 1.69 bits per heavy atom. The Bertz CT molecular complexity index is 351. The SMILES string of the molecule is COC(=O)c1cc(C=O)cnc1Br. The van der Waals surface area contributed by atoms with Gasteiger partial charge in [0.2, 0.25) is 0 Å². The van der Waals surface area contributed by atoms with E-state index in [0.29, 0.717) is 16.5 Å². The van der Waals surface area contributed by atoms with Crippen LogP contribution in [0.4, 0.5) is 0 Å². The third-order valence-electron chi connectivity index (χ3n) is 1.40. The summed E-state index contributed by atoms with van der Waals surface area (Å²) < 4.78 is 4.86. The molecule has 0 unspecified atom stereocenters. The predicted molar refractivity (Wildman–Crippen MR) is 48.7 cm³/mol. The number of hydrogen-bond donors (Lipinski definition) is 0. The second-order valence-electron chi connectivity index (χ2n) is 2.22. The lowest BCUT2D eigenvalue weighted by molar-refractivity contribution is 0.0599. The number of halogens is 1. The number of methoxy groups -OCH3 is 1. The Morgan fingerprint density at radius 2 is 2.38 bits per heavy atom. The smallest absolute Gasteiger partial charge is 0.340 e. The molecule has 0 bridgehead atoms. The first-order valence-corrected chi connectivity index (χ1v) is 4.17. The molecule has 4 nitrogen and oxygen atoms in total. The average Bonchev–Trinajstić information content (AvgIpc) is 2.17. The minimum atomic E-state index is -0.525. The van der Waals surface area contributed by atoms with Crippen LogP contribution in [-0.4, -0.2) is 24.3 Å². The maximum absolute atomic E-state index is 11.1. The van der Waals surface area contributed by atoms with E-state index in [4.69, 9.17) is 0 Å². The van der Waals surface area contributed by atoms with E-state index < -0.39 is 5.97 Å². The normalized spacial score (nSPS) is 9.38. The number of nitrogens with zero attached hydrogens (tertiary/aromatic N) is 1. The van der Waals surface area contributed by atoms with Crippen LogP contribution in [0.15, 0.2) is 16.9 Å². The van der Waals surface area contributed by atoms with Crippen molar-refractivity contribution < 1.29 is 14.3 Å². The summed E-state index contributed by atoms with van der Waals surface area (Å²) in [7, 11) is 1.27. The lowest BCUT2D eigenvalue weighted by Gasteiger charge is -2.01. The molecule has 0 aliphatic rings. The molecule has 0 spiro atoms. The van der Waals surface area contributed by atoms with Gasteiger partial charge in [-0.15, -0.1) is 0 Å². The fourth-order valence-corrected chi connectivity index (χ4v) is 1.16. The summed E-state index contributed by atoms with van der Waals surface area (Å²) in [6.07, 6.45) is 1.98. The second kappa shape index (κ2) is 4.13. The first-order valence-electron chi connectivity index (χ1n) is 3.38. The molecule has 0 aliphatic carbocycles. The largest absolute Gasteiger partial charge is 0.465 e. The number of aldehydes is 1. The van der Waals surface area contributed by atoms with Crippen LogP contribution in [0.5, 0.6) is 0 Å². The van der Waals surface area contributed by atoms with Gasteiger partial charge in [0.05, 0.1) is 12.7 Å². The van der Waals surface area contributed by atoms with Gasteiger partial charge in [-0.3, -0.25) is 4.79 Å². The zero-order valence-electron chi connectivity index (χ0n) is 6.78. The molecule has 0 N–H and O–H groups in total. The van der Waals surface area contributed by atoms with E-state index in [1.165, 1.54) is 19.4 Å². The van der Waals surface area contributed by atoms with Crippen LogP contribution < -0.4 is 0 Å².